The van der Waals surface area contributed by atoms with Gasteiger partial charge in [-0.05, 0) is 68.9 Å². The first-order chi connectivity index (χ1) is 33.3. The summed E-state index contributed by atoms with van der Waals surface area (Å²) in [6.07, 6.45) is -0.295. The molecule has 0 bridgehead atoms. The Morgan fingerprint density at radius 1 is 0.662 bits per heavy atom. The average Bonchev–Trinajstić information content (AvgIpc) is 3.79. The number of carbonyl (C=O) groups is 10. The molecule has 8 amide bonds. The molecule has 1 aromatic rings. The molecule has 1 aliphatic heterocycles. The number of nitrogens with one attached hydrogen (secondary N) is 7. The minimum Gasteiger partial charge on any atom is -0.481 e. The molecule has 10 atom stereocenters. The number of carboxylic acids is 2. The molecule has 0 spiro atoms. The van der Waals surface area contributed by atoms with Gasteiger partial charge in [0.05, 0.1) is 25.2 Å². The van der Waals surface area contributed by atoms with Crippen LogP contribution in [0.4, 0.5) is 0 Å². The van der Waals surface area contributed by atoms with E-state index in [9.17, 15) is 68.4 Å². The van der Waals surface area contributed by atoms with Crippen molar-refractivity contribution in [3.63, 3.8) is 0 Å². The number of carbonyl (C=O) groups excluding carboxylic acids is 8. The molecule has 1 aromatic carbocycles. The summed E-state index contributed by atoms with van der Waals surface area (Å²) in [5.41, 5.74) is 12.1. The molecule has 1 heterocycles. The van der Waals surface area contributed by atoms with E-state index in [4.69, 9.17) is 11.5 Å². The Morgan fingerprint density at radius 3 is 1.72 bits per heavy atom. The van der Waals surface area contributed by atoms with Crippen molar-refractivity contribution in [3.05, 3.63) is 35.9 Å². The Hall–Kier alpha value is -6.24. The van der Waals surface area contributed by atoms with Crippen molar-refractivity contribution in [1.29, 1.82) is 0 Å². The maximum Gasteiger partial charge on any atom is 0.328 e. The molecule has 24 nitrogen and oxygen atoms in total. The van der Waals surface area contributed by atoms with E-state index in [1.54, 1.807) is 58.0 Å². The second-order valence-electron chi connectivity index (χ2n) is 19.0. The summed E-state index contributed by atoms with van der Waals surface area (Å²) < 4.78 is 0. The summed E-state index contributed by atoms with van der Waals surface area (Å²) in [6.45, 7) is 11.0. The predicted molar refractivity (Wildman–Crippen MR) is 257 cm³/mol. The third-order valence-corrected chi connectivity index (χ3v) is 11.7. The lowest BCUT2D eigenvalue weighted by atomic mass is 9.98. The molecule has 24 heteroatoms. The summed E-state index contributed by atoms with van der Waals surface area (Å²) in [7, 11) is 0. The topological polar surface area (TPSA) is 391 Å². The maximum atomic E-state index is 14.2. The van der Waals surface area contributed by atoms with Crippen LogP contribution in [-0.2, 0) is 54.4 Å². The second kappa shape index (κ2) is 29.8. The van der Waals surface area contributed by atoms with E-state index in [0.29, 0.717) is 37.8 Å². The zero-order chi connectivity index (χ0) is 53.7. The van der Waals surface area contributed by atoms with Crippen LogP contribution in [0.5, 0.6) is 0 Å². The van der Waals surface area contributed by atoms with E-state index < -0.39 is 145 Å². The Labute approximate surface area is 413 Å². The van der Waals surface area contributed by atoms with Crippen molar-refractivity contribution >= 4 is 59.2 Å². The number of amides is 8. The number of likely N-dealkylation sites (tertiary alicyclic amines) is 1. The smallest absolute Gasteiger partial charge is 0.328 e. The molecule has 0 aromatic heterocycles. The largest absolute Gasteiger partial charge is 0.481 e. The average molecular weight is 1010 g/mol. The number of hydrogen-bond donors (Lipinski definition) is 13. The van der Waals surface area contributed by atoms with Gasteiger partial charge in [-0.15, -0.1) is 0 Å². The quantitative estimate of drug-likeness (QED) is 0.0351. The predicted octanol–water partition coefficient (Wildman–Crippen LogP) is -2.64. The van der Waals surface area contributed by atoms with Crippen LogP contribution in [0, 0.1) is 17.8 Å². The van der Waals surface area contributed by atoms with E-state index in [2.05, 4.69) is 31.9 Å². The van der Waals surface area contributed by atoms with Crippen LogP contribution in [0.1, 0.15) is 99.0 Å². The Bertz CT molecular complexity index is 1990. The van der Waals surface area contributed by atoms with Gasteiger partial charge in [-0.1, -0.05) is 78.3 Å². The van der Waals surface area contributed by atoms with Gasteiger partial charge >= 0.3 is 11.9 Å². The zero-order valence-corrected chi connectivity index (χ0v) is 41.6. The molecule has 0 radical (unpaired) electrons. The highest BCUT2D eigenvalue weighted by atomic mass is 16.4. The summed E-state index contributed by atoms with van der Waals surface area (Å²) in [6, 6.07) is -4.10. The number of aliphatic hydroxyl groups is 2. The molecule has 0 aliphatic carbocycles. The van der Waals surface area contributed by atoms with Crippen LogP contribution in [0.2, 0.25) is 0 Å². The summed E-state index contributed by atoms with van der Waals surface area (Å²) in [5.74, 6) is -11.2. The second-order valence-corrected chi connectivity index (χ2v) is 19.0. The van der Waals surface area contributed by atoms with Gasteiger partial charge in [0.2, 0.25) is 47.3 Å². The molecule has 1 saturated heterocycles. The van der Waals surface area contributed by atoms with Crippen LogP contribution in [-0.4, -0.2) is 165 Å². The van der Waals surface area contributed by atoms with Crippen molar-refractivity contribution in [3.8, 4) is 0 Å². The fraction of sp³-hybridized carbons (Fsp3) is 0.660. The molecule has 15 N–H and O–H groups in total. The van der Waals surface area contributed by atoms with Gasteiger partial charge < -0.3 is 74.0 Å². The lowest BCUT2D eigenvalue weighted by Gasteiger charge is -2.32. The molecular formula is C47H76N10O14. The molecule has 1 fully saturated rings. The fourth-order valence-electron chi connectivity index (χ4n) is 7.76. The number of nitrogens with two attached hydrogens (primary N) is 2. The number of rotatable bonds is 30. The third kappa shape index (κ3) is 19.8. The normalized spacial score (nSPS) is 17.3. The number of carboxylic acid groups (broad SMARTS) is 2. The van der Waals surface area contributed by atoms with Gasteiger partial charge in [-0.25, -0.2) is 4.79 Å². The number of nitrogens with zero attached hydrogens (tertiary/aromatic N) is 1. The lowest BCUT2D eigenvalue weighted by molar-refractivity contribution is -0.144. The van der Waals surface area contributed by atoms with Gasteiger partial charge in [-0.2, -0.15) is 0 Å². The summed E-state index contributed by atoms with van der Waals surface area (Å²) in [5, 5.41) is 56.0. The minimum absolute atomic E-state index is 0.133. The Morgan fingerprint density at radius 2 is 1.18 bits per heavy atom. The van der Waals surface area contributed by atoms with Crippen LogP contribution < -0.4 is 48.7 Å². The molecule has 0 saturated carbocycles. The van der Waals surface area contributed by atoms with Gasteiger partial charge in [0.15, 0.2) is 0 Å². The number of aliphatic hydroxyl groups excluding tert-OH is 2. The van der Waals surface area contributed by atoms with Crippen molar-refractivity contribution in [1.82, 2.24) is 42.1 Å². The lowest BCUT2D eigenvalue weighted by Crippen LogP contribution is -2.62. The molecule has 1 aliphatic rings. The van der Waals surface area contributed by atoms with Gasteiger partial charge in [0, 0.05) is 13.0 Å². The molecule has 0 unspecified atom stereocenters. The molecular weight excluding hydrogens is 929 g/mol. The SMILES string of the molecule is CC(C)C[C@H](NC(=O)[C@@H](NC(=O)[C@@H](N)CCCCN)[C@@H](C)O)C(=O)N1CCC[C@H]1C(=O)N[C@H](C(=O)N[C@H](C(=O)N[C@@H](Cc1ccccc1)C(=O)N[C@@H](CC(=O)O)C(=O)N[C@@H](CO)C(=O)O)C(C)C)C(C)C. The molecule has 71 heavy (non-hydrogen) atoms. The summed E-state index contributed by atoms with van der Waals surface area (Å²) >= 11 is 0. The third-order valence-electron chi connectivity index (χ3n) is 11.7. The number of hydrogen-bond acceptors (Lipinski definition) is 14. The minimum atomic E-state index is -1.84. The van der Waals surface area contributed by atoms with E-state index >= 15 is 0 Å². The van der Waals surface area contributed by atoms with Crippen molar-refractivity contribution in [2.45, 2.75) is 160 Å². The fourth-order valence-corrected chi connectivity index (χ4v) is 7.76. The van der Waals surface area contributed by atoms with Crippen molar-refractivity contribution in [2.75, 3.05) is 19.7 Å². The van der Waals surface area contributed by atoms with Gasteiger partial charge in [-0.3, -0.25) is 43.2 Å². The molecule has 398 valence electrons. The number of aliphatic carboxylic acids is 2. The maximum absolute atomic E-state index is 14.2. The first-order valence-electron chi connectivity index (χ1n) is 24.0. The van der Waals surface area contributed by atoms with Gasteiger partial charge in [0.1, 0.15) is 48.3 Å². The van der Waals surface area contributed by atoms with E-state index in [0.717, 1.165) is 0 Å². The Kier molecular flexibility index (Phi) is 25.6. The van der Waals surface area contributed by atoms with Crippen molar-refractivity contribution < 1.29 is 68.4 Å². The first-order valence-corrected chi connectivity index (χ1v) is 24.0. The zero-order valence-electron chi connectivity index (χ0n) is 41.6. The van der Waals surface area contributed by atoms with Crippen LogP contribution >= 0.6 is 0 Å². The highest BCUT2D eigenvalue weighted by molar-refractivity contribution is 5.99. The van der Waals surface area contributed by atoms with Crippen molar-refractivity contribution in [2.24, 2.45) is 29.2 Å². The standard InChI is InChI=1S/C47H76N10O14/c1-24(2)20-32(52-45(68)38(27(7)59)56-39(62)29(49)16-11-12-18-48)46(69)57-19-13-17-34(57)42(65)54-37(26(5)6)44(67)55-36(25(3)4)43(66)51-30(21-28-14-9-8-10-15-28)40(63)50-31(22-35(60)61)41(64)53-33(23-58)47(70)71/h8-10,14-15,24-27,29-34,36-38,58-59H,11-13,16-23,48-49H2,1-7H3,(H,50,63)(H,51,66)(H,52,68)(H,53,64)(H,54,65)(H,55,67)(H,56,62)(H,60,61)(H,70,71)/t27-,29+,30+,31+,32+,33+,34+,36+,37+,38+/m1/s1. The summed E-state index contributed by atoms with van der Waals surface area (Å²) in [4.78, 5) is 134. The van der Waals surface area contributed by atoms with Crippen LogP contribution in [0.15, 0.2) is 30.3 Å². The monoisotopic (exact) mass is 1000 g/mol. The van der Waals surface area contributed by atoms with Crippen LogP contribution in [0.25, 0.3) is 0 Å². The van der Waals surface area contributed by atoms with E-state index in [1.165, 1.54) is 11.8 Å². The van der Waals surface area contributed by atoms with E-state index in [1.807, 2.05) is 19.2 Å². The molecule has 2 rings (SSSR count). The van der Waals surface area contributed by atoms with E-state index in [-0.39, 0.29) is 31.7 Å². The highest BCUT2D eigenvalue weighted by Gasteiger charge is 2.41. The van der Waals surface area contributed by atoms with Gasteiger partial charge in [0.25, 0.3) is 0 Å². The van der Waals surface area contributed by atoms with Crippen LogP contribution in [0.3, 0.4) is 0 Å². The number of benzene rings is 1. The first kappa shape index (κ1) is 60.9. The Balaban J connectivity index is 2.33. The number of unbranched alkanes of at least 4 members (excludes halogenated alkanes) is 1. The highest BCUT2D eigenvalue weighted by Crippen LogP contribution is 2.22.